The molecular weight excluding hydrogens is 528 g/mol. The Balaban J connectivity index is 1.56. The molecule has 0 aliphatic rings. The zero-order valence-corrected chi connectivity index (χ0v) is 19.7. The zero-order chi connectivity index (χ0) is 27.0. The van der Waals surface area contributed by atoms with Crippen LogP contribution in [0, 0.1) is 23.3 Å². The topological polar surface area (TPSA) is 130 Å². The van der Waals surface area contributed by atoms with Crippen LogP contribution in [0.3, 0.4) is 0 Å². The predicted molar refractivity (Wildman–Crippen MR) is 128 cm³/mol. The number of rotatable bonds is 7. The van der Waals surface area contributed by atoms with E-state index in [4.69, 9.17) is 0 Å². The molecule has 9 nitrogen and oxygen atoms in total. The second kappa shape index (κ2) is 9.55. The van der Waals surface area contributed by atoms with E-state index in [1.807, 2.05) is 0 Å². The van der Waals surface area contributed by atoms with E-state index in [2.05, 4.69) is 25.3 Å². The van der Waals surface area contributed by atoms with Gasteiger partial charge in [-0.2, -0.15) is 0 Å². The van der Waals surface area contributed by atoms with E-state index in [9.17, 15) is 26.4 Å². The Labute approximate surface area is 211 Å². The molecule has 2 aromatic carbocycles. The van der Waals surface area contributed by atoms with Crippen LogP contribution in [0.25, 0.3) is 11.0 Å². The fourth-order valence-electron chi connectivity index (χ4n) is 3.67. The second-order valence-corrected chi connectivity index (χ2v) is 9.46. The molecule has 5 rings (SSSR count). The quantitative estimate of drug-likeness (QED) is 0.201. The molecule has 0 amide bonds. The van der Waals surface area contributed by atoms with Crippen LogP contribution in [-0.2, 0) is 10.0 Å². The third-order valence-electron chi connectivity index (χ3n) is 5.38. The molecule has 0 saturated heterocycles. The standard InChI is InChI=1S/C24H14F4N6O3S/c25-12-3-4-15(26)18(8-12)38(36,37)34-17-6-5-16(27)20(21(17)28)22(35)14-10-30-23-19(14)24(32-11-31-23)33-13-2-1-7-29-9-13/h1-11,34H,(H2,30,31,32,33). The number of ketones is 1. The van der Waals surface area contributed by atoms with Crippen LogP contribution in [0.2, 0.25) is 0 Å². The van der Waals surface area contributed by atoms with Crippen LogP contribution in [0.5, 0.6) is 0 Å². The number of hydrogen-bond acceptors (Lipinski definition) is 7. The van der Waals surface area contributed by atoms with Gasteiger partial charge in [0.25, 0.3) is 10.0 Å². The third kappa shape index (κ3) is 4.52. The van der Waals surface area contributed by atoms with Crippen molar-refractivity contribution in [1.29, 1.82) is 0 Å². The summed E-state index contributed by atoms with van der Waals surface area (Å²) >= 11 is 0. The number of carbonyl (C=O) groups is 1. The summed E-state index contributed by atoms with van der Waals surface area (Å²) in [5.41, 5.74) is -1.49. The Hall–Kier alpha value is -4.85. The van der Waals surface area contributed by atoms with Crippen LogP contribution in [0.1, 0.15) is 15.9 Å². The first-order chi connectivity index (χ1) is 18.2. The normalized spacial score (nSPS) is 11.5. The Morgan fingerprint density at radius 3 is 2.53 bits per heavy atom. The molecule has 0 unspecified atom stereocenters. The van der Waals surface area contributed by atoms with Gasteiger partial charge in [0.2, 0.25) is 5.78 Å². The van der Waals surface area contributed by atoms with Crippen molar-refractivity contribution in [1.82, 2.24) is 19.9 Å². The largest absolute Gasteiger partial charge is 0.345 e. The molecule has 0 aliphatic heterocycles. The van der Waals surface area contributed by atoms with E-state index in [0.29, 0.717) is 36.0 Å². The Morgan fingerprint density at radius 1 is 0.974 bits per heavy atom. The van der Waals surface area contributed by atoms with Gasteiger partial charge in [-0.05, 0) is 42.5 Å². The number of anilines is 3. The number of nitrogens with one attached hydrogen (secondary N) is 3. The van der Waals surface area contributed by atoms with E-state index in [1.165, 1.54) is 18.7 Å². The average molecular weight is 542 g/mol. The second-order valence-electron chi connectivity index (χ2n) is 7.81. The van der Waals surface area contributed by atoms with E-state index < -0.39 is 55.2 Å². The number of pyridine rings is 1. The third-order valence-corrected chi connectivity index (χ3v) is 6.76. The van der Waals surface area contributed by atoms with Crippen molar-refractivity contribution >= 4 is 44.0 Å². The summed E-state index contributed by atoms with van der Waals surface area (Å²) in [6, 6.07) is 6.37. The minimum absolute atomic E-state index is 0.105. The molecule has 3 N–H and O–H groups in total. The zero-order valence-electron chi connectivity index (χ0n) is 18.8. The maximum absolute atomic E-state index is 15.4. The highest BCUT2D eigenvalue weighted by Gasteiger charge is 2.28. The monoisotopic (exact) mass is 542 g/mol. The average Bonchev–Trinajstić information content (AvgIpc) is 3.33. The van der Waals surface area contributed by atoms with Crippen molar-refractivity contribution in [2.75, 3.05) is 10.0 Å². The fraction of sp³-hybridized carbons (Fsp3) is 0. The van der Waals surface area contributed by atoms with Crippen LogP contribution < -0.4 is 10.0 Å². The highest BCUT2D eigenvalue weighted by molar-refractivity contribution is 7.92. The van der Waals surface area contributed by atoms with Gasteiger partial charge in [0.1, 0.15) is 40.1 Å². The number of fused-ring (bicyclic) bond motifs is 1. The number of carbonyl (C=O) groups excluding carboxylic acids is 1. The Bertz CT molecular complexity index is 1810. The van der Waals surface area contributed by atoms with Gasteiger partial charge < -0.3 is 10.3 Å². The van der Waals surface area contributed by atoms with E-state index in [0.717, 1.165) is 0 Å². The number of H-pyrrole nitrogens is 1. The fourth-order valence-corrected chi connectivity index (χ4v) is 4.82. The van der Waals surface area contributed by atoms with Crippen molar-refractivity contribution in [2.24, 2.45) is 0 Å². The van der Waals surface area contributed by atoms with Crippen molar-refractivity contribution in [3.63, 3.8) is 0 Å². The molecule has 3 aromatic heterocycles. The predicted octanol–water partition coefficient (Wildman–Crippen LogP) is 4.68. The summed E-state index contributed by atoms with van der Waals surface area (Å²) < 4.78 is 84.8. The lowest BCUT2D eigenvalue weighted by Gasteiger charge is -2.13. The Morgan fingerprint density at radius 2 is 1.76 bits per heavy atom. The van der Waals surface area contributed by atoms with Crippen molar-refractivity contribution in [2.45, 2.75) is 4.90 Å². The summed E-state index contributed by atoms with van der Waals surface area (Å²) in [6.45, 7) is 0. The summed E-state index contributed by atoms with van der Waals surface area (Å²) in [5.74, 6) is -6.24. The van der Waals surface area contributed by atoms with Gasteiger partial charge in [0.05, 0.1) is 34.1 Å². The molecule has 5 aromatic rings. The maximum Gasteiger partial charge on any atom is 0.265 e. The molecule has 3 heterocycles. The molecule has 0 fully saturated rings. The van der Waals surface area contributed by atoms with Gasteiger partial charge in [-0.25, -0.2) is 35.9 Å². The molecule has 0 bridgehead atoms. The number of aromatic amines is 1. The SMILES string of the molecule is O=C(c1c(F)ccc(NS(=O)(=O)c2cc(F)ccc2F)c1F)c1c[nH]c2ncnc(Nc3cccnc3)c12. The van der Waals surface area contributed by atoms with E-state index in [1.54, 1.807) is 23.1 Å². The lowest BCUT2D eigenvalue weighted by atomic mass is 10.0. The minimum atomic E-state index is -4.85. The molecule has 192 valence electrons. The van der Waals surface area contributed by atoms with Gasteiger partial charge in [0.15, 0.2) is 5.82 Å². The maximum atomic E-state index is 15.4. The van der Waals surface area contributed by atoms with Crippen molar-refractivity contribution in [3.05, 3.63) is 102 Å². The van der Waals surface area contributed by atoms with Gasteiger partial charge in [0, 0.05) is 12.4 Å². The molecule has 0 radical (unpaired) electrons. The van der Waals surface area contributed by atoms with Crippen LogP contribution in [0.15, 0.2) is 72.3 Å². The number of aromatic nitrogens is 4. The van der Waals surface area contributed by atoms with Gasteiger partial charge in [-0.15, -0.1) is 0 Å². The highest BCUT2D eigenvalue weighted by atomic mass is 32.2. The van der Waals surface area contributed by atoms with Gasteiger partial charge >= 0.3 is 0 Å². The van der Waals surface area contributed by atoms with Crippen LogP contribution >= 0.6 is 0 Å². The van der Waals surface area contributed by atoms with E-state index in [-0.39, 0.29) is 22.4 Å². The molecule has 0 atom stereocenters. The first-order valence-electron chi connectivity index (χ1n) is 10.7. The molecule has 0 saturated carbocycles. The van der Waals surface area contributed by atoms with Gasteiger partial charge in [-0.1, -0.05) is 0 Å². The van der Waals surface area contributed by atoms with Gasteiger partial charge in [-0.3, -0.25) is 14.5 Å². The summed E-state index contributed by atoms with van der Waals surface area (Å²) in [4.78, 5) is 27.1. The molecule has 14 heteroatoms. The number of sulfonamides is 1. The number of benzene rings is 2. The smallest absolute Gasteiger partial charge is 0.265 e. The van der Waals surface area contributed by atoms with Crippen molar-refractivity contribution < 1.29 is 30.8 Å². The summed E-state index contributed by atoms with van der Waals surface area (Å²) in [5, 5.41) is 3.05. The molecule has 38 heavy (non-hydrogen) atoms. The van der Waals surface area contributed by atoms with Crippen LogP contribution in [-0.4, -0.2) is 34.1 Å². The van der Waals surface area contributed by atoms with Crippen LogP contribution in [0.4, 0.5) is 34.8 Å². The lowest BCUT2D eigenvalue weighted by Crippen LogP contribution is -2.18. The highest BCUT2D eigenvalue weighted by Crippen LogP contribution is 2.31. The number of halogens is 4. The minimum Gasteiger partial charge on any atom is -0.345 e. The molecular formula is C24H14F4N6O3S. The van der Waals surface area contributed by atoms with Crippen molar-refractivity contribution in [3.8, 4) is 0 Å². The first kappa shape index (κ1) is 24.8. The molecule has 0 spiro atoms. The first-order valence-corrected chi connectivity index (χ1v) is 12.1. The number of nitrogens with zero attached hydrogens (tertiary/aromatic N) is 3. The lowest BCUT2D eigenvalue weighted by molar-refractivity contribution is 0.103. The molecule has 0 aliphatic carbocycles. The number of hydrogen-bond donors (Lipinski definition) is 3. The van der Waals surface area contributed by atoms with E-state index >= 15 is 4.39 Å². The summed E-state index contributed by atoms with van der Waals surface area (Å²) in [6.07, 6.45) is 5.40. The Kier molecular flexibility index (Phi) is 6.24. The summed E-state index contributed by atoms with van der Waals surface area (Å²) in [7, 11) is -4.85.